The molecule has 2 aromatic carbocycles. The summed E-state index contributed by atoms with van der Waals surface area (Å²) in [6.07, 6.45) is 1.39. The third kappa shape index (κ3) is 2.71. The summed E-state index contributed by atoms with van der Waals surface area (Å²) in [4.78, 5) is 12.3. The maximum atomic E-state index is 12.3. The van der Waals surface area contributed by atoms with Crippen molar-refractivity contribution in [3.63, 3.8) is 0 Å². The van der Waals surface area contributed by atoms with Gasteiger partial charge in [-0.15, -0.1) is 0 Å². The van der Waals surface area contributed by atoms with Crippen molar-refractivity contribution in [2.75, 3.05) is 20.2 Å². The van der Waals surface area contributed by atoms with E-state index in [-0.39, 0.29) is 31.4 Å². The molecular weight excluding hydrogens is 336 g/mol. The number of cyclic esters (lactones) is 1. The molecule has 5 rings (SSSR count). The van der Waals surface area contributed by atoms with Gasteiger partial charge in [0, 0.05) is 5.92 Å². The van der Waals surface area contributed by atoms with Crippen LogP contribution < -0.4 is 18.9 Å². The minimum Gasteiger partial charge on any atom is -0.465 e. The van der Waals surface area contributed by atoms with E-state index >= 15 is 0 Å². The van der Waals surface area contributed by atoms with E-state index in [1.165, 1.54) is 0 Å². The van der Waals surface area contributed by atoms with Gasteiger partial charge >= 0.3 is 5.97 Å². The third-order valence-electron chi connectivity index (χ3n) is 5.14. The Morgan fingerprint density at radius 3 is 1.96 bits per heavy atom. The quantitative estimate of drug-likeness (QED) is 0.787. The summed E-state index contributed by atoms with van der Waals surface area (Å²) >= 11 is 0. The highest BCUT2D eigenvalue weighted by atomic mass is 16.7. The van der Waals surface area contributed by atoms with Gasteiger partial charge in [-0.05, 0) is 48.2 Å². The Morgan fingerprint density at radius 2 is 1.31 bits per heavy atom. The summed E-state index contributed by atoms with van der Waals surface area (Å²) in [7, 11) is 0. The summed E-state index contributed by atoms with van der Waals surface area (Å²) in [5.74, 6) is 2.85. The lowest BCUT2D eigenvalue weighted by molar-refractivity contribution is -0.141. The van der Waals surface area contributed by atoms with Crippen LogP contribution >= 0.6 is 0 Å². The second kappa shape index (κ2) is 6.12. The molecular formula is C20H18O6. The number of hydrogen-bond acceptors (Lipinski definition) is 6. The predicted molar refractivity (Wildman–Crippen MR) is 90.5 cm³/mol. The molecule has 2 atom stereocenters. The van der Waals surface area contributed by atoms with E-state index in [0.717, 1.165) is 40.5 Å². The fourth-order valence-corrected chi connectivity index (χ4v) is 3.75. The van der Waals surface area contributed by atoms with Crippen LogP contribution in [0.25, 0.3) is 0 Å². The first-order valence-corrected chi connectivity index (χ1v) is 8.70. The highest BCUT2D eigenvalue weighted by Crippen LogP contribution is 2.37. The van der Waals surface area contributed by atoms with Crippen molar-refractivity contribution in [3.8, 4) is 23.0 Å². The summed E-state index contributed by atoms with van der Waals surface area (Å²) < 4.78 is 26.9. The molecule has 1 unspecified atom stereocenters. The number of carbonyl (C=O) groups excluding carboxylic acids is 1. The molecule has 0 radical (unpaired) electrons. The highest BCUT2D eigenvalue weighted by molar-refractivity contribution is 5.75. The molecule has 0 aliphatic carbocycles. The fraction of sp³-hybridized carbons (Fsp3) is 0.350. The largest absolute Gasteiger partial charge is 0.465 e. The zero-order valence-corrected chi connectivity index (χ0v) is 14.1. The van der Waals surface area contributed by atoms with Gasteiger partial charge in [0.25, 0.3) is 0 Å². The van der Waals surface area contributed by atoms with Gasteiger partial charge in [0.2, 0.25) is 13.6 Å². The van der Waals surface area contributed by atoms with E-state index < -0.39 is 0 Å². The highest BCUT2D eigenvalue weighted by Gasteiger charge is 2.37. The SMILES string of the molecule is O=C1OC[C@@H](Cc2ccc3c(c2)OCO3)C1Cc1ccc2c(c1)OCO2. The van der Waals surface area contributed by atoms with Gasteiger partial charge in [0.15, 0.2) is 23.0 Å². The second-order valence-corrected chi connectivity index (χ2v) is 6.78. The number of fused-ring (bicyclic) bond motifs is 2. The Balaban J connectivity index is 1.33. The average Bonchev–Trinajstić information content (AvgIpc) is 3.37. The monoisotopic (exact) mass is 354 g/mol. The molecule has 3 aliphatic rings. The van der Waals surface area contributed by atoms with Crippen LogP contribution in [0.4, 0.5) is 0 Å². The van der Waals surface area contributed by atoms with Gasteiger partial charge in [-0.1, -0.05) is 12.1 Å². The zero-order chi connectivity index (χ0) is 17.5. The van der Waals surface area contributed by atoms with Crippen molar-refractivity contribution < 1.29 is 28.5 Å². The number of rotatable bonds is 4. The van der Waals surface area contributed by atoms with Crippen molar-refractivity contribution >= 4 is 5.97 Å². The molecule has 26 heavy (non-hydrogen) atoms. The van der Waals surface area contributed by atoms with E-state index in [2.05, 4.69) is 0 Å². The third-order valence-corrected chi connectivity index (χ3v) is 5.14. The molecule has 134 valence electrons. The van der Waals surface area contributed by atoms with Gasteiger partial charge in [0.05, 0.1) is 12.5 Å². The van der Waals surface area contributed by atoms with Crippen LogP contribution in [0.1, 0.15) is 11.1 Å². The molecule has 3 heterocycles. The maximum absolute atomic E-state index is 12.3. The van der Waals surface area contributed by atoms with Crippen LogP contribution in [0.2, 0.25) is 0 Å². The first-order chi connectivity index (χ1) is 12.8. The normalized spacial score (nSPS) is 22.5. The van der Waals surface area contributed by atoms with Crippen LogP contribution in [-0.2, 0) is 22.4 Å². The summed E-state index contributed by atoms with van der Waals surface area (Å²) in [6.45, 7) is 0.954. The molecule has 0 amide bonds. The molecule has 0 spiro atoms. The lowest BCUT2D eigenvalue weighted by Crippen LogP contribution is -2.20. The van der Waals surface area contributed by atoms with E-state index in [0.29, 0.717) is 13.0 Å². The Labute approximate surface area is 150 Å². The molecule has 1 saturated heterocycles. The second-order valence-electron chi connectivity index (χ2n) is 6.78. The van der Waals surface area contributed by atoms with Gasteiger partial charge < -0.3 is 23.7 Å². The van der Waals surface area contributed by atoms with E-state index in [1.54, 1.807) is 0 Å². The van der Waals surface area contributed by atoms with Crippen LogP contribution in [0.5, 0.6) is 23.0 Å². The Kier molecular flexibility index (Phi) is 3.62. The number of ether oxygens (including phenoxy) is 5. The van der Waals surface area contributed by atoms with Gasteiger partial charge in [-0.2, -0.15) is 0 Å². The molecule has 6 nitrogen and oxygen atoms in total. The molecule has 0 bridgehead atoms. The molecule has 0 saturated carbocycles. The Hall–Kier alpha value is -2.89. The van der Waals surface area contributed by atoms with E-state index in [9.17, 15) is 4.79 Å². The lowest BCUT2D eigenvalue weighted by Gasteiger charge is -2.16. The average molecular weight is 354 g/mol. The molecule has 6 heteroatoms. The van der Waals surface area contributed by atoms with Crippen molar-refractivity contribution in [2.45, 2.75) is 12.8 Å². The van der Waals surface area contributed by atoms with Gasteiger partial charge in [-0.25, -0.2) is 0 Å². The predicted octanol–water partition coefficient (Wildman–Crippen LogP) is 2.72. The lowest BCUT2D eigenvalue weighted by atomic mass is 9.85. The molecule has 1 fully saturated rings. The molecule has 0 N–H and O–H groups in total. The number of esters is 1. The van der Waals surface area contributed by atoms with E-state index in [4.69, 9.17) is 23.7 Å². The van der Waals surface area contributed by atoms with Crippen LogP contribution in [0.3, 0.4) is 0 Å². The van der Waals surface area contributed by atoms with Gasteiger partial charge in [-0.3, -0.25) is 4.79 Å². The molecule has 2 aromatic rings. The maximum Gasteiger partial charge on any atom is 0.309 e. The minimum atomic E-state index is -0.166. The standard InChI is InChI=1S/C20H18O6/c21-20-15(6-13-2-4-17-19(8-13)26-11-24-17)14(9-22-20)5-12-1-3-16-18(7-12)25-10-23-16/h1-4,7-8,14-15H,5-6,9-11H2/t14-,15?/m1/s1. The zero-order valence-electron chi connectivity index (χ0n) is 14.1. The van der Waals surface area contributed by atoms with Crippen LogP contribution in [0.15, 0.2) is 36.4 Å². The molecule has 3 aliphatic heterocycles. The van der Waals surface area contributed by atoms with Gasteiger partial charge in [0.1, 0.15) is 0 Å². The Morgan fingerprint density at radius 1 is 0.731 bits per heavy atom. The minimum absolute atomic E-state index is 0.131. The van der Waals surface area contributed by atoms with Crippen molar-refractivity contribution in [1.29, 1.82) is 0 Å². The van der Waals surface area contributed by atoms with Crippen molar-refractivity contribution in [2.24, 2.45) is 11.8 Å². The van der Waals surface area contributed by atoms with Crippen LogP contribution in [0, 0.1) is 11.8 Å². The summed E-state index contributed by atoms with van der Waals surface area (Å²) in [6, 6.07) is 11.8. The van der Waals surface area contributed by atoms with Crippen molar-refractivity contribution in [3.05, 3.63) is 47.5 Å². The first-order valence-electron chi connectivity index (χ1n) is 8.70. The number of benzene rings is 2. The number of carbonyl (C=O) groups is 1. The van der Waals surface area contributed by atoms with Crippen molar-refractivity contribution in [1.82, 2.24) is 0 Å². The smallest absolute Gasteiger partial charge is 0.309 e. The fourth-order valence-electron chi connectivity index (χ4n) is 3.75. The first kappa shape index (κ1) is 15.4. The summed E-state index contributed by atoms with van der Waals surface area (Å²) in [5.41, 5.74) is 2.17. The van der Waals surface area contributed by atoms with E-state index in [1.807, 2.05) is 36.4 Å². The number of hydrogen-bond donors (Lipinski definition) is 0. The Bertz CT molecular complexity index is 861. The topological polar surface area (TPSA) is 63.2 Å². The summed E-state index contributed by atoms with van der Waals surface area (Å²) in [5, 5.41) is 0. The van der Waals surface area contributed by atoms with Crippen LogP contribution in [-0.4, -0.2) is 26.2 Å². The molecule has 0 aromatic heterocycles.